The summed E-state index contributed by atoms with van der Waals surface area (Å²) in [5.74, 6) is 0. The van der Waals surface area contributed by atoms with Crippen molar-refractivity contribution in [1.82, 2.24) is 5.32 Å². The lowest BCUT2D eigenvalue weighted by Gasteiger charge is -2.16. The van der Waals surface area contributed by atoms with Crippen LogP contribution in [0.25, 0.3) is 0 Å². The van der Waals surface area contributed by atoms with Crippen LogP contribution in [0.3, 0.4) is 0 Å². The Kier molecular flexibility index (Phi) is 35.9. The molecule has 0 amide bonds. The predicted molar refractivity (Wildman–Crippen MR) is 181 cm³/mol. The molecule has 0 spiro atoms. The summed E-state index contributed by atoms with van der Waals surface area (Å²) in [5, 5.41) is 3.61. The van der Waals surface area contributed by atoms with Crippen LogP contribution in [0.2, 0.25) is 0 Å². The fraction of sp³-hybridized carbons (Fsp3) is 1.00. The van der Waals surface area contributed by atoms with Crippen molar-refractivity contribution in [2.24, 2.45) is 0 Å². The highest BCUT2D eigenvalue weighted by Gasteiger charge is 2.05. The first-order valence-corrected chi connectivity index (χ1v) is 19.0. The van der Waals surface area contributed by atoms with Crippen LogP contribution in [0, 0.1) is 0 Å². The molecule has 1 N–H and O–H groups in total. The minimum absolute atomic E-state index is 0.767. The molecular weight excluding hydrogens is 470 g/mol. The first-order chi connectivity index (χ1) is 19.3. The Balaban J connectivity index is 3.25. The first-order valence-electron chi connectivity index (χ1n) is 19.0. The second-order valence-corrected chi connectivity index (χ2v) is 13.2. The molecule has 0 aromatic carbocycles. The summed E-state index contributed by atoms with van der Waals surface area (Å²) in [7, 11) is 2.18. The first kappa shape index (κ1) is 39.0. The van der Waals surface area contributed by atoms with Gasteiger partial charge in [0.05, 0.1) is 0 Å². The Labute approximate surface area is 250 Å². The van der Waals surface area contributed by atoms with Crippen LogP contribution in [-0.2, 0) is 0 Å². The van der Waals surface area contributed by atoms with Crippen molar-refractivity contribution < 1.29 is 0 Å². The quantitative estimate of drug-likeness (QED) is 0.0775. The smallest absolute Gasteiger partial charge is 0.00640 e. The standard InChI is InChI=1S/C38H79N/c1-4-6-8-10-12-14-16-18-20-22-24-26-28-30-32-34-36-38(39-3)37-35-33-31-29-27-25-23-21-19-17-15-13-11-9-7-5-2/h38-39H,4-37H2,1-3H3. The van der Waals surface area contributed by atoms with Gasteiger partial charge in [0.25, 0.3) is 0 Å². The zero-order valence-electron chi connectivity index (χ0n) is 28.1. The van der Waals surface area contributed by atoms with Gasteiger partial charge in [-0.05, 0) is 19.9 Å². The van der Waals surface area contributed by atoms with Crippen LogP contribution in [0.4, 0.5) is 0 Å². The third-order valence-electron chi connectivity index (χ3n) is 9.22. The molecule has 236 valence electrons. The van der Waals surface area contributed by atoms with Crippen molar-refractivity contribution in [2.45, 2.75) is 238 Å². The molecule has 0 radical (unpaired) electrons. The average Bonchev–Trinajstić information content (AvgIpc) is 2.95. The Bertz CT molecular complexity index is 370. The van der Waals surface area contributed by atoms with Gasteiger partial charge in [-0.25, -0.2) is 0 Å². The topological polar surface area (TPSA) is 12.0 Å². The Morgan fingerprint density at radius 2 is 0.462 bits per heavy atom. The summed E-state index contributed by atoms with van der Waals surface area (Å²) in [6, 6.07) is 0.767. The largest absolute Gasteiger partial charge is 0.317 e. The van der Waals surface area contributed by atoms with E-state index in [0.29, 0.717) is 0 Å². The van der Waals surface area contributed by atoms with Gasteiger partial charge < -0.3 is 5.32 Å². The molecule has 0 aromatic heterocycles. The van der Waals surface area contributed by atoms with E-state index >= 15 is 0 Å². The lowest BCUT2D eigenvalue weighted by Crippen LogP contribution is -2.24. The molecule has 0 bridgehead atoms. The van der Waals surface area contributed by atoms with Crippen molar-refractivity contribution in [3.8, 4) is 0 Å². The van der Waals surface area contributed by atoms with E-state index in [1.165, 1.54) is 218 Å². The van der Waals surface area contributed by atoms with E-state index in [1.54, 1.807) is 0 Å². The molecule has 0 atom stereocenters. The summed E-state index contributed by atoms with van der Waals surface area (Å²) >= 11 is 0. The summed E-state index contributed by atoms with van der Waals surface area (Å²) in [6.07, 6.45) is 49.7. The van der Waals surface area contributed by atoms with E-state index in [-0.39, 0.29) is 0 Å². The highest BCUT2D eigenvalue weighted by atomic mass is 14.9. The third-order valence-corrected chi connectivity index (χ3v) is 9.22. The van der Waals surface area contributed by atoms with E-state index in [2.05, 4.69) is 26.2 Å². The van der Waals surface area contributed by atoms with Gasteiger partial charge in [0.1, 0.15) is 0 Å². The second-order valence-electron chi connectivity index (χ2n) is 13.2. The molecule has 0 aromatic rings. The van der Waals surface area contributed by atoms with Crippen LogP contribution >= 0.6 is 0 Å². The van der Waals surface area contributed by atoms with Crippen LogP contribution in [-0.4, -0.2) is 13.1 Å². The molecule has 0 heterocycles. The highest BCUT2D eigenvalue weighted by Crippen LogP contribution is 2.17. The number of hydrogen-bond donors (Lipinski definition) is 1. The zero-order valence-corrected chi connectivity index (χ0v) is 28.1. The minimum atomic E-state index is 0.767. The van der Waals surface area contributed by atoms with Gasteiger partial charge in [0, 0.05) is 6.04 Å². The van der Waals surface area contributed by atoms with Crippen molar-refractivity contribution >= 4 is 0 Å². The summed E-state index contributed by atoms with van der Waals surface area (Å²) in [4.78, 5) is 0. The number of nitrogens with one attached hydrogen (secondary N) is 1. The summed E-state index contributed by atoms with van der Waals surface area (Å²) < 4.78 is 0. The van der Waals surface area contributed by atoms with Gasteiger partial charge in [-0.3, -0.25) is 0 Å². The summed E-state index contributed by atoms with van der Waals surface area (Å²) in [6.45, 7) is 4.62. The van der Waals surface area contributed by atoms with Crippen LogP contribution in [0.1, 0.15) is 232 Å². The third kappa shape index (κ3) is 34.1. The zero-order chi connectivity index (χ0) is 28.3. The lowest BCUT2D eigenvalue weighted by molar-refractivity contribution is 0.434. The van der Waals surface area contributed by atoms with E-state index < -0.39 is 0 Å². The second kappa shape index (κ2) is 36.0. The minimum Gasteiger partial charge on any atom is -0.317 e. The molecule has 39 heavy (non-hydrogen) atoms. The van der Waals surface area contributed by atoms with Crippen molar-refractivity contribution in [3.63, 3.8) is 0 Å². The van der Waals surface area contributed by atoms with Crippen LogP contribution in [0.15, 0.2) is 0 Å². The maximum absolute atomic E-state index is 3.61. The monoisotopic (exact) mass is 550 g/mol. The Hall–Kier alpha value is -0.0400. The molecule has 0 rings (SSSR count). The normalized spacial score (nSPS) is 11.7. The van der Waals surface area contributed by atoms with Crippen molar-refractivity contribution in [3.05, 3.63) is 0 Å². The molecule has 1 nitrogen and oxygen atoms in total. The molecule has 0 aliphatic rings. The number of unbranched alkanes of at least 4 members (excludes halogenated alkanes) is 30. The number of rotatable bonds is 35. The van der Waals surface area contributed by atoms with Gasteiger partial charge in [-0.15, -0.1) is 0 Å². The highest BCUT2D eigenvalue weighted by molar-refractivity contribution is 4.65. The SMILES string of the molecule is CCCCCCCCCCCCCCCCCCC(CCCCCCCCCCCCCCCCCC)NC. The van der Waals surface area contributed by atoms with Crippen LogP contribution < -0.4 is 5.32 Å². The fourth-order valence-electron chi connectivity index (χ4n) is 6.31. The molecule has 0 aliphatic heterocycles. The molecular formula is C38H79N. The fourth-order valence-corrected chi connectivity index (χ4v) is 6.31. The molecule has 0 saturated carbocycles. The number of hydrogen-bond acceptors (Lipinski definition) is 1. The van der Waals surface area contributed by atoms with Gasteiger partial charge >= 0.3 is 0 Å². The molecule has 0 unspecified atom stereocenters. The molecule has 1 heteroatoms. The Morgan fingerprint density at radius 3 is 0.641 bits per heavy atom. The predicted octanol–water partition coefficient (Wildman–Crippen LogP) is 13.9. The lowest BCUT2D eigenvalue weighted by atomic mass is 9.99. The van der Waals surface area contributed by atoms with Crippen molar-refractivity contribution in [1.29, 1.82) is 0 Å². The molecule has 0 fully saturated rings. The van der Waals surface area contributed by atoms with Crippen molar-refractivity contribution in [2.75, 3.05) is 7.05 Å². The maximum Gasteiger partial charge on any atom is 0.00640 e. The Morgan fingerprint density at radius 1 is 0.282 bits per heavy atom. The summed E-state index contributed by atoms with van der Waals surface area (Å²) in [5.41, 5.74) is 0. The van der Waals surface area contributed by atoms with Gasteiger partial charge in [-0.2, -0.15) is 0 Å². The maximum atomic E-state index is 3.61. The molecule has 0 aliphatic carbocycles. The van der Waals surface area contributed by atoms with Gasteiger partial charge in [-0.1, -0.05) is 219 Å². The van der Waals surface area contributed by atoms with E-state index in [1.807, 2.05) is 0 Å². The van der Waals surface area contributed by atoms with Gasteiger partial charge in [0.15, 0.2) is 0 Å². The van der Waals surface area contributed by atoms with E-state index in [9.17, 15) is 0 Å². The van der Waals surface area contributed by atoms with Gasteiger partial charge in [0.2, 0.25) is 0 Å². The van der Waals surface area contributed by atoms with E-state index in [0.717, 1.165) is 6.04 Å². The molecule has 0 saturated heterocycles. The van der Waals surface area contributed by atoms with Crippen LogP contribution in [0.5, 0.6) is 0 Å². The van der Waals surface area contributed by atoms with E-state index in [4.69, 9.17) is 0 Å². The average molecular weight is 550 g/mol.